The van der Waals surface area contributed by atoms with Gasteiger partial charge in [-0.25, -0.2) is 4.99 Å². The summed E-state index contributed by atoms with van der Waals surface area (Å²) in [7, 11) is -0.408. The fourth-order valence-corrected chi connectivity index (χ4v) is 3.39. The standard InChI is InChI=1S/C16H17NSi/c1-11-7-8-12(9-11)16-13-5-4-6-14(13)17-15(16)10-18(2)3/h4-10,12H,1-3H3. The van der Waals surface area contributed by atoms with Crippen LogP contribution in [0.25, 0.3) is 0 Å². The molecule has 2 aliphatic carbocycles. The molecule has 0 aromatic carbocycles. The van der Waals surface area contributed by atoms with Crippen LogP contribution in [0.5, 0.6) is 0 Å². The Morgan fingerprint density at radius 3 is 2.78 bits per heavy atom. The maximum absolute atomic E-state index is 4.79. The first-order valence-corrected chi connectivity index (χ1v) is 8.96. The van der Waals surface area contributed by atoms with E-state index in [2.05, 4.69) is 62.1 Å². The summed E-state index contributed by atoms with van der Waals surface area (Å²) in [6.45, 7) is 6.77. The van der Waals surface area contributed by atoms with E-state index in [4.69, 9.17) is 4.99 Å². The highest BCUT2D eigenvalue weighted by Gasteiger charge is 2.27. The number of hydrogen-bond acceptors (Lipinski definition) is 1. The lowest BCUT2D eigenvalue weighted by Crippen LogP contribution is -2.13. The van der Waals surface area contributed by atoms with Gasteiger partial charge in [0.25, 0.3) is 0 Å². The van der Waals surface area contributed by atoms with Crippen LogP contribution in [-0.4, -0.2) is 19.8 Å². The second-order valence-electron chi connectivity index (χ2n) is 5.25. The van der Waals surface area contributed by atoms with Crippen molar-refractivity contribution in [2.75, 3.05) is 0 Å². The first kappa shape index (κ1) is 11.5. The van der Waals surface area contributed by atoms with E-state index in [1.54, 1.807) is 0 Å². The van der Waals surface area contributed by atoms with Gasteiger partial charge in [0.15, 0.2) is 0 Å². The Morgan fingerprint density at radius 2 is 2.11 bits per heavy atom. The van der Waals surface area contributed by atoms with Gasteiger partial charge in [0.2, 0.25) is 0 Å². The fraction of sp³-hybridized carbons (Fsp3) is 0.250. The highest BCUT2D eigenvalue weighted by atomic mass is 28.2. The van der Waals surface area contributed by atoms with Gasteiger partial charge in [-0.05, 0) is 18.6 Å². The van der Waals surface area contributed by atoms with Gasteiger partial charge in [-0.1, -0.05) is 54.7 Å². The predicted molar refractivity (Wildman–Crippen MR) is 81.6 cm³/mol. The SMILES string of the molecule is CC1=CC(C2=C3C=CC=C3N=C2C=[Si](C)C)C=C1. The minimum atomic E-state index is -0.408. The molecular formula is C16H17NSi. The van der Waals surface area contributed by atoms with Gasteiger partial charge in [-0.15, -0.1) is 0 Å². The highest BCUT2D eigenvalue weighted by molar-refractivity contribution is 6.77. The molecule has 1 atom stereocenters. The Labute approximate surface area is 110 Å². The number of allylic oxidation sites excluding steroid dienone is 8. The third-order valence-electron chi connectivity index (χ3n) is 3.37. The molecule has 0 aromatic rings. The number of fused-ring (bicyclic) bond motifs is 1. The Morgan fingerprint density at radius 1 is 1.28 bits per heavy atom. The van der Waals surface area contributed by atoms with Crippen molar-refractivity contribution >= 4 is 19.8 Å². The van der Waals surface area contributed by atoms with Crippen molar-refractivity contribution in [1.82, 2.24) is 0 Å². The van der Waals surface area contributed by atoms with Gasteiger partial charge in [-0.3, -0.25) is 0 Å². The van der Waals surface area contributed by atoms with Crippen LogP contribution in [0.4, 0.5) is 0 Å². The first-order valence-electron chi connectivity index (χ1n) is 6.38. The molecule has 1 unspecified atom stereocenters. The Balaban J connectivity index is 2.09. The van der Waals surface area contributed by atoms with Gasteiger partial charge in [0.1, 0.15) is 0 Å². The number of nitrogens with zero attached hydrogens (tertiary/aromatic N) is 1. The van der Waals surface area contributed by atoms with Gasteiger partial charge >= 0.3 is 0 Å². The summed E-state index contributed by atoms with van der Waals surface area (Å²) in [5.74, 6) is 0.407. The van der Waals surface area contributed by atoms with Crippen LogP contribution in [0.3, 0.4) is 0 Å². The Bertz CT molecular complexity index is 617. The average Bonchev–Trinajstić information content (AvgIpc) is 2.92. The molecule has 0 amide bonds. The van der Waals surface area contributed by atoms with Crippen molar-refractivity contribution in [3.05, 3.63) is 58.9 Å². The van der Waals surface area contributed by atoms with E-state index in [0.717, 1.165) is 5.70 Å². The zero-order chi connectivity index (χ0) is 12.7. The summed E-state index contributed by atoms with van der Waals surface area (Å²) in [6.07, 6.45) is 13.2. The summed E-state index contributed by atoms with van der Waals surface area (Å²) in [6, 6.07) is 0. The van der Waals surface area contributed by atoms with Gasteiger partial charge < -0.3 is 0 Å². The normalized spacial score (nSPS) is 24.2. The van der Waals surface area contributed by atoms with Gasteiger partial charge in [0.05, 0.1) is 11.4 Å². The minimum absolute atomic E-state index is 0.407. The Hall–Kier alpha value is -1.54. The average molecular weight is 251 g/mol. The minimum Gasteiger partial charge on any atom is -0.248 e. The topological polar surface area (TPSA) is 12.4 Å². The monoisotopic (exact) mass is 251 g/mol. The van der Waals surface area contributed by atoms with Crippen molar-refractivity contribution in [3.8, 4) is 0 Å². The maximum Gasteiger partial charge on any atom is 0.0713 e. The van der Waals surface area contributed by atoms with Crippen LogP contribution in [0.1, 0.15) is 6.92 Å². The smallest absolute Gasteiger partial charge is 0.0713 e. The van der Waals surface area contributed by atoms with E-state index in [-0.39, 0.29) is 0 Å². The van der Waals surface area contributed by atoms with E-state index in [1.165, 1.54) is 22.4 Å². The molecule has 0 aromatic heterocycles. The zero-order valence-electron chi connectivity index (χ0n) is 11.1. The van der Waals surface area contributed by atoms with E-state index in [0.29, 0.717) is 5.92 Å². The van der Waals surface area contributed by atoms with Crippen LogP contribution < -0.4 is 0 Å². The zero-order valence-corrected chi connectivity index (χ0v) is 12.1. The van der Waals surface area contributed by atoms with Crippen molar-refractivity contribution in [2.24, 2.45) is 10.9 Å². The van der Waals surface area contributed by atoms with E-state index in [1.807, 2.05) is 0 Å². The molecule has 1 aliphatic heterocycles. The fourth-order valence-electron chi connectivity index (χ4n) is 2.63. The summed E-state index contributed by atoms with van der Waals surface area (Å²) in [5.41, 5.74) is 8.80. The first-order chi connectivity index (χ1) is 8.65. The van der Waals surface area contributed by atoms with Crippen LogP contribution in [-0.2, 0) is 0 Å². The predicted octanol–water partition coefficient (Wildman–Crippen LogP) is 3.46. The maximum atomic E-state index is 4.79. The summed E-state index contributed by atoms with van der Waals surface area (Å²) in [4.78, 5) is 4.79. The molecule has 0 N–H and O–H groups in total. The molecule has 1 nitrogen and oxygen atoms in total. The third-order valence-corrected chi connectivity index (χ3v) is 4.22. The van der Waals surface area contributed by atoms with E-state index >= 15 is 0 Å². The quantitative estimate of drug-likeness (QED) is 0.666. The number of hydrogen-bond donors (Lipinski definition) is 0. The molecule has 0 radical (unpaired) electrons. The van der Waals surface area contributed by atoms with Crippen molar-refractivity contribution in [2.45, 2.75) is 20.0 Å². The van der Waals surface area contributed by atoms with Crippen LogP contribution in [0.2, 0.25) is 13.1 Å². The van der Waals surface area contributed by atoms with E-state index < -0.39 is 8.41 Å². The summed E-state index contributed by atoms with van der Waals surface area (Å²) >= 11 is 0. The molecule has 0 saturated heterocycles. The lowest BCUT2D eigenvalue weighted by Gasteiger charge is -2.10. The number of rotatable bonds is 2. The molecule has 2 heteroatoms. The number of aliphatic imine (C=N–C) groups is 1. The Kier molecular flexibility index (Phi) is 2.75. The molecular weight excluding hydrogens is 234 g/mol. The van der Waals surface area contributed by atoms with Crippen LogP contribution in [0, 0.1) is 5.92 Å². The third kappa shape index (κ3) is 1.87. The second kappa shape index (κ2) is 4.29. The lowest BCUT2D eigenvalue weighted by atomic mass is 9.93. The van der Waals surface area contributed by atoms with Crippen LogP contribution in [0.15, 0.2) is 63.9 Å². The van der Waals surface area contributed by atoms with Gasteiger partial charge in [-0.2, -0.15) is 0 Å². The molecule has 0 fully saturated rings. The summed E-state index contributed by atoms with van der Waals surface area (Å²) < 4.78 is 0. The lowest BCUT2D eigenvalue weighted by molar-refractivity contribution is 1.04. The molecule has 90 valence electrons. The molecule has 18 heavy (non-hydrogen) atoms. The molecule has 1 heterocycles. The largest absolute Gasteiger partial charge is 0.248 e. The summed E-state index contributed by atoms with van der Waals surface area (Å²) in [5, 5.41) is 0. The van der Waals surface area contributed by atoms with E-state index in [9.17, 15) is 0 Å². The molecule has 3 aliphatic rings. The van der Waals surface area contributed by atoms with Crippen molar-refractivity contribution in [3.63, 3.8) is 0 Å². The molecule has 0 spiro atoms. The van der Waals surface area contributed by atoms with Crippen molar-refractivity contribution in [1.29, 1.82) is 0 Å². The van der Waals surface area contributed by atoms with Gasteiger partial charge in [0, 0.05) is 19.9 Å². The van der Waals surface area contributed by atoms with Crippen molar-refractivity contribution < 1.29 is 0 Å². The highest BCUT2D eigenvalue weighted by Crippen LogP contribution is 2.36. The van der Waals surface area contributed by atoms with Crippen LogP contribution >= 0.6 is 0 Å². The molecule has 0 bridgehead atoms. The second-order valence-corrected chi connectivity index (χ2v) is 7.70. The molecule has 0 saturated carbocycles. The molecule has 3 rings (SSSR count).